The van der Waals surface area contributed by atoms with E-state index >= 15 is 0 Å². The molecule has 0 amide bonds. The van der Waals surface area contributed by atoms with E-state index in [1.807, 2.05) is 60.7 Å². The Bertz CT molecular complexity index is 806. The number of carbonyl (C=O) groups is 1. The van der Waals surface area contributed by atoms with Crippen LogP contribution in [0.15, 0.2) is 60.7 Å². The number of carbonyl (C=O) groups excluding carboxylic acids is 1. The van der Waals surface area contributed by atoms with Crippen LogP contribution in [0, 0.1) is 0 Å². The van der Waals surface area contributed by atoms with Crippen LogP contribution in [0.3, 0.4) is 0 Å². The van der Waals surface area contributed by atoms with Crippen molar-refractivity contribution >= 4 is 16.0 Å². The number of rotatable bonds is 8. The highest BCUT2D eigenvalue weighted by atomic mass is 32.2. The third-order valence-electron chi connectivity index (χ3n) is 4.17. The molecule has 2 atom stereocenters. The van der Waals surface area contributed by atoms with Gasteiger partial charge in [-0.3, -0.25) is 4.79 Å². The second-order valence-electron chi connectivity index (χ2n) is 6.21. The van der Waals surface area contributed by atoms with E-state index in [0.717, 1.165) is 11.1 Å². The van der Waals surface area contributed by atoms with Crippen molar-refractivity contribution < 1.29 is 17.9 Å². The van der Waals surface area contributed by atoms with E-state index in [1.165, 1.54) is 10.6 Å². The molecule has 2 aromatic rings. The molecular formula is C20H25NO4S. The highest BCUT2D eigenvalue weighted by Crippen LogP contribution is 2.28. The fraction of sp³-hybridized carbons (Fsp3) is 0.350. The molecule has 0 bridgehead atoms. The molecule has 0 fully saturated rings. The average Bonchev–Trinajstić information content (AvgIpc) is 2.64. The molecule has 0 aliphatic rings. The van der Waals surface area contributed by atoms with E-state index in [2.05, 4.69) is 0 Å². The molecule has 0 spiro atoms. The third-order valence-corrected chi connectivity index (χ3v) is 5.49. The largest absolute Gasteiger partial charge is 0.456 e. The maximum absolute atomic E-state index is 12.5. The Kier molecular flexibility index (Phi) is 6.94. The first kappa shape index (κ1) is 20.1. The predicted molar refractivity (Wildman–Crippen MR) is 102 cm³/mol. The number of benzene rings is 2. The summed E-state index contributed by atoms with van der Waals surface area (Å²) in [6, 6.07) is 18.1. The van der Waals surface area contributed by atoms with Gasteiger partial charge < -0.3 is 4.74 Å². The van der Waals surface area contributed by atoms with Crippen LogP contribution in [0.5, 0.6) is 0 Å². The van der Waals surface area contributed by atoms with Crippen molar-refractivity contribution in [1.82, 2.24) is 4.31 Å². The van der Waals surface area contributed by atoms with E-state index in [9.17, 15) is 13.2 Å². The lowest BCUT2D eigenvalue weighted by atomic mass is 10.0. The Labute approximate surface area is 155 Å². The summed E-state index contributed by atoms with van der Waals surface area (Å²) in [4.78, 5) is 11.9. The molecular weight excluding hydrogens is 350 g/mol. The van der Waals surface area contributed by atoms with Gasteiger partial charge in [0.1, 0.15) is 6.10 Å². The zero-order valence-corrected chi connectivity index (χ0v) is 16.1. The number of hydrogen-bond donors (Lipinski definition) is 0. The summed E-state index contributed by atoms with van der Waals surface area (Å²) in [5.74, 6) is -0.362. The fourth-order valence-corrected chi connectivity index (χ4v) is 3.89. The lowest BCUT2D eigenvalue weighted by Gasteiger charge is -2.33. The average molecular weight is 375 g/mol. The van der Waals surface area contributed by atoms with Gasteiger partial charge in [-0.05, 0) is 18.1 Å². The van der Waals surface area contributed by atoms with Gasteiger partial charge in [0.2, 0.25) is 10.0 Å². The van der Waals surface area contributed by atoms with Crippen LogP contribution in [0.2, 0.25) is 0 Å². The molecule has 140 valence electrons. The van der Waals surface area contributed by atoms with Crippen LogP contribution in [-0.2, 0) is 26.1 Å². The lowest BCUT2D eigenvalue weighted by molar-refractivity contribution is -0.151. The number of hydrogen-bond acceptors (Lipinski definition) is 4. The summed E-state index contributed by atoms with van der Waals surface area (Å²) in [6.45, 7) is 3.70. The van der Waals surface area contributed by atoms with Crippen LogP contribution in [-0.4, -0.2) is 31.0 Å². The van der Waals surface area contributed by atoms with E-state index in [1.54, 1.807) is 13.8 Å². The van der Waals surface area contributed by atoms with Crippen LogP contribution < -0.4 is 0 Å². The highest BCUT2D eigenvalue weighted by Gasteiger charge is 2.33. The topological polar surface area (TPSA) is 63.7 Å². The van der Waals surface area contributed by atoms with Gasteiger partial charge in [0.15, 0.2) is 0 Å². The van der Waals surface area contributed by atoms with E-state index in [-0.39, 0.29) is 18.9 Å². The molecule has 2 aromatic carbocycles. The lowest BCUT2D eigenvalue weighted by Crippen LogP contribution is -2.42. The number of nitrogens with zero attached hydrogens (tertiary/aromatic N) is 1. The summed E-state index contributed by atoms with van der Waals surface area (Å²) < 4.78 is 31.9. The maximum atomic E-state index is 12.5. The summed E-state index contributed by atoms with van der Waals surface area (Å²) in [5, 5.41) is 0. The molecule has 0 saturated heterocycles. The zero-order chi connectivity index (χ0) is 19.2. The molecule has 0 unspecified atom stereocenters. The summed E-state index contributed by atoms with van der Waals surface area (Å²) >= 11 is 0. The van der Waals surface area contributed by atoms with Gasteiger partial charge in [-0.25, -0.2) is 8.42 Å². The predicted octanol–water partition coefficient (Wildman–Crippen LogP) is 3.53. The first-order valence-corrected chi connectivity index (χ1v) is 10.4. The molecule has 0 aliphatic heterocycles. The van der Waals surface area contributed by atoms with Crippen LogP contribution in [0.25, 0.3) is 0 Å². The Morgan fingerprint density at radius 1 is 1.04 bits per heavy atom. The molecule has 26 heavy (non-hydrogen) atoms. The van der Waals surface area contributed by atoms with Crippen molar-refractivity contribution in [3.63, 3.8) is 0 Å². The van der Waals surface area contributed by atoms with Crippen molar-refractivity contribution in [2.24, 2.45) is 0 Å². The van der Waals surface area contributed by atoms with Crippen molar-refractivity contribution in [1.29, 1.82) is 0 Å². The molecule has 0 aromatic heterocycles. The Balaban J connectivity index is 2.38. The molecule has 0 aliphatic carbocycles. The maximum Gasteiger partial charge on any atom is 0.306 e. The van der Waals surface area contributed by atoms with E-state index in [0.29, 0.717) is 0 Å². The Morgan fingerprint density at radius 2 is 1.58 bits per heavy atom. The van der Waals surface area contributed by atoms with Crippen molar-refractivity contribution in [3.05, 3.63) is 71.8 Å². The molecule has 0 saturated carbocycles. The quantitative estimate of drug-likeness (QED) is 0.662. The van der Waals surface area contributed by atoms with Crippen LogP contribution in [0.1, 0.15) is 37.5 Å². The van der Waals surface area contributed by atoms with Gasteiger partial charge in [-0.1, -0.05) is 67.6 Å². The monoisotopic (exact) mass is 375 g/mol. The van der Waals surface area contributed by atoms with Crippen molar-refractivity contribution in [3.8, 4) is 0 Å². The first-order chi connectivity index (χ1) is 12.3. The summed E-state index contributed by atoms with van der Waals surface area (Å²) in [6.07, 6.45) is 0.728. The second kappa shape index (κ2) is 8.96. The van der Waals surface area contributed by atoms with E-state index < -0.39 is 22.2 Å². The number of ether oxygens (including phenoxy) is 1. The van der Waals surface area contributed by atoms with Crippen LogP contribution >= 0.6 is 0 Å². The molecule has 5 nitrogen and oxygen atoms in total. The van der Waals surface area contributed by atoms with Gasteiger partial charge in [0.25, 0.3) is 0 Å². The summed E-state index contributed by atoms with van der Waals surface area (Å²) in [7, 11) is -3.52. The second-order valence-corrected chi connectivity index (χ2v) is 8.14. The zero-order valence-electron chi connectivity index (χ0n) is 15.3. The van der Waals surface area contributed by atoms with Gasteiger partial charge in [0, 0.05) is 13.0 Å². The first-order valence-electron chi connectivity index (χ1n) is 8.58. The van der Waals surface area contributed by atoms with Gasteiger partial charge in [0.05, 0.1) is 12.3 Å². The standard InChI is InChI=1S/C20H25NO4S/c1-4-19(22)25-20(18-13-9-6-10-14-18)16(2)21(26(3,23)24)15-17-11-7-5-8-12-17/h5-14,16,20H,4,15H2,1-3H3/t16-,20-/m1/s1. The van der Waals surface area contributed by atoms with Gasteiger partial charge >= 0.3 is 5.97 Å². The smallest absolute Gasteiger partial charge is 0.306 e. The number of esters is 1. The fourth-order valence-electron chi connectivity index (χ4n) is 2.79. The third kappa shape index (κ3) is 5.41. The van der Waals surface area contributed by atoms with Gasteiger partial charge in [-0.15, -0.1) is 0 Å². The minimum atomic E-state index is -3.52. The molecule has 0 N–H and O–H groups in total. The van der Waals surface area contributed by atoms with Crippen molar-refractivity contribution in [2.75, 3.05) is 6.26 Å². The highest BCUT2D eigenvalue weighted by molar-refractivity contribution is 7.88. The Hall–Kier alpha value is -2.18. The summed E-state index contributed by atoms with van der Waals surface area (Å²) in [5.41, 5.74) is 1.64. The van der Waals surface area contributed by atoms with Gasteiger partial charge in [-0.2, -0.15) is 4.31 Å². The normalized spacial score (nSPS) is 14.0. The van der Waals surface area contributed by atoms with Crippen LogP contribution in [0.4, 0.5) is 0 Å². The minimum Gasteiger partial charge on any atom is -0.456 e. The SMILES string of the molecule is CCC(=O)O[C@@H](c1ccccc1)[C@@H](C)N(Cc1ccccc1)S(C)(=O)=O. The molecule has 0 radical (unpaired) electrons. The molecule has 0 heterocycles. The number of sulfonamides is 1. The van der Waals surface area contributed by atoms with Crippen molar-refractivity contribution in [2.45, 2.75) is 39.0 Å². The molecule has 2 rings (SSSR count). The minimum absolute atomic E-state index is 0.216. The molecule has 6 heteroatoms. The Morgan fingerprint density at radius 3 is 2.08 bits per heavy atom. The van der Waals surface area contributed by atoms with E-state index in [4.69, 9.17) is 4.74 Å².